The minimum absolute atomic E-state index is 0.183. The summed E-state index contributed by atoms with van der Waals surface area (Å²) in [6, 6.07) is 8.97. The minimum Gasteiger partial charge on any atom is -0.508 e. The van der Waals surface area contributed by atoms with Crippen LogP contribution in [0.1, 0.15) is 58.3 Å². The van der Waals surface area contributed by atoms with E-state index in [1.807, 2.05) is 45.9 Å². The summed E-state index contributed by atoms with van der Waals surface area (Å²) in [4.78, 5) is 12.6. The van der Waals surface area contributed by atoms with Gasteiger partial charge in [0, 0.05) is 11.3 Å². The van der Waals surface area contributed by atoms with E-state index in [0.29, 0.717) is 28.5 Å². The van der Waals surface area contributed by atoms with Gasteiger partial charge in [-0.25, -0.2) is 0 Å². The van der Waals surface area contributed by atoms with Gasteiger partial charge in [-0.1, -0.05) is 19.0 Å². The van der Waals surface area contributed by atoms with E-state index >= 15 is 0 Å². The molecule has 0 fully saturated rings. The molecule has 0 saturated heterocycles. The van der Waals surface area contributed by atoms with Crippen molar-refractivity contribution in [1.29, 1.82) is 0 Å². The first-order chi connectivity index (χ1) is 13.7. The second kappa shape index (κ2) is 7.99. The lowest BCUT2D eigenvalue weighted by molar-refractivity contribution is 0.102. The molecule has 0 atom stereocenters. The number of carbonyl (C=O) groups excluding carboxylic acids is 1. The number of nitrogens with zero attached hydrogens (tertiary/aromatic N) is 1. The Kier molecular flexibility index (Phi) is 5.64. The topological polar surface area (TPSA) is 84.6 Å². The molecule has 2 N–H and O–H groups in total. The summed E-state index contributed by atoms with van der Waals surface area (Å²) >= 11 is 0. The molecule has 3 rings (SSSR count). The molecule has 0 unspecified atom stereocenters. The van der Waals surface area contributed by atoms with E-state index in [2.05, 4.69) is 10.5 Å². The Balaban J connectivity index is 1.85. The molecule has 1 amide bonds. The summed E-state index contributed by atoms with van der Waals surface area (Å²) in [6.07, 6.45) is 0. The quantitative estimate of drug-likeness (QED) is 0.573. The highest BCUT2D eigenvalue weighted by Crippen LogP contribution is 2.35. The number of hydrogen-bond acceptors (Lipinski definition) is 5. The molecule has 0 aliphatic rings. The number of aromatic hydroxyl groups is 1. The molecule has 29 heavy (non-hydrogen) atoms. The molecular weight excluding hydrogens is 368 g/mol. The number of benzene rings is 2. The van der Waals surface area contributed by atoms with Crippen molar-refractivity contribution in [2.45, 2.75) is 47.5 Å². The first kappa shape index (κ1) is 20.5. The maximum Gasteiger partial charge on any atom is 0.261 e. The number of ether oxygens (including phenoxy) is 1. The largest absolute Gasteiger partial charge is 0.508 e. The van der Waals surface area contributed by atoms with E-state index in [-0.39, 0.29) is 17.6 Å². The molecule has 6 nitrogen and oxygen atoms in total. The first-order valence-electron chi connectivity index (χ1n) is 9.53. The Bertz CT molecular complexity index is 1020. The Morgan fingerprint density at radius 2 is 1.76 bits per heavy atom. The van der Waals surface area contributed by atoms with Crippen LogP contribution in [0.4, 0.5) is 5.69 Å². The van der Waals surface area contributed by atoms with Crippen LogP contribution >= 0.6 is 0 Å². The zero-order chi connectivity index (χ0) is 21.3. The van der Waals surface area contributed by atoms with Crippen LogP contribution in [-0.2, 0) is 0 Å². The fourth-order valence-electron chi connectivity index (χ4n) is 3.36. The number of nitrogens with one attached hydrogen (secondary N) is 1. The van der Waals surface area contributed by atoms with Crippen LogP contribution in [0.5, 0.6) is 17.2 Å². The normalized spacial score (nSPS) is 11.0. The highest BCUT2D eigenvalue weighted by molar-refractivity contribution is 6.05. The molecule has 0 aliphatic carbocycles. The predicted molar refractivity (Wildman–Crippen MR) is 112 cm³/mol. The van der Waals surface area contributed by atoms with Gasteiger partial charge in [-0.3, -0.25) is 4.79 Å². The van der Waals surface area contributed by atoms with Crippen molar-refractivity contribution in [3.8, 4) is 17.2 Å². The fourth-order valence-corrected chi connectivity index (χ4v) is 3.36. The fraction of sp³-hybridized carbons (Fsp3) is 0.304. The lowest BCUT2D eigenvalue weighted by Gasteiger charge is -2.16. The molecule has 1 aromatic heterocycles. The monoisotopic (exact) mass is 394 g/mol. The molecule has 0 saturated carbocycles. The molecule has 6 heteroatoms. The summed E-state index contributed by atoms with van der Waals surface area (Å²) in [5, 5.41) is 16.7. The third kappa shape index (κ3) is 4.26. The average Bonchev–Trinajstić information content (AvgIpc) is 2.97. The molecule has 3 aromatic rings. The minimum atomic E-state index is -0.256. The molecule has 0 spiro atoms. The van der Waals surface area contributed by atoms with E-state index < -0.39 is 0 Å². The summed E-state index contributed by atoms with van der Waals surface area (Å²) < 4.78 is 11.2. The van der Waals surface area contributed by atoms with Gasteiger partial charge in [0.2, 0.25) is 0 Å². The van der Waals surface area contributed by atoms with Crippen LogP contribution in [0, 0.1) is 27.7 Å². The molecular formula is C23H26N2O4. The van der Waals surface area contributed by atoms with Crippen LogP contribution in [0.25, 0.3) is 0 Å². The van der Waals surface area contributed by atoms with Gasteiger partial charge >= 0.3 is 0 Å². The van der Waals surface area contributed by atoms with Crippen molar-refractivity contribution in [2.75, 3.05) is 5.32 Å². The van der Waals surface area contributed by atoms with E-state index in [9.17, 15) is 9.90 Å². The van der Waals surface area contributed by atoms with Crippen molar-refractivity contribution in [1.82, 2.24) is 5.16 Å². The van der Waals surface area contributed by atoms with Gasteiger partial charge in [0.1, 0.15) is 28.6 Å². The summed E-state index contributed by atoms with van der Waals surface area (Å²) in [5.41, 5.74) is 4.29. The van der Waals surface area contributed by atoms with Gasteiger partial charge in [-0.05, 0) is 75.1 Å². The Morgan fingerprint density at radius 1 is 1.10 bits per heavy atom. The zero-order valence-electron chi connectivity index (χ0n) is 17.6. The zero-order valence-corrected chi connectivity index (χ0v) is 17.6. The van der Waals surface area contributed by atoms with Gasteiger partial charge in [-0.2, -0.15) is 0 Å². The summed E-state index contributed by atoms with van der Waals surface area (Å²) in [7, 11) is 0. The van der Waals surface area contributed by atoms with Gasteiger partial charge in [-0.15, -0.1) is 0 Å². The van der Waals surface area contributed by atoms with Crippen LogP contribution in [-0.4, -0.2) is 16.2 Å². The molecule has 152 valence electrons. The standard InChI is InChI=1S/C23H26N2O4/c1-12(2)19-11-18(7-8-20(19)26)28-22-13(3)9-17(10-14(22)4)24-23(27)21-15(5)25-29-16(21)6/h7-12,26H,1-6H3,(H,24,27). The lowest BCUT2D eigenvalue weighted by atomic mass is 10.0. The number of amides is 1. The number of aromatic nitrogens is 1. The molecule has 0 aliphatic heterocycles. The van der Waals surface area contributed by atoms with Crippen molar-refractivity contribution in [3.63, 3.8) is 0 Å². The first-order valence-corrected chi connectivity index (χ1v) is 9.53. The van der Waals surface area contributed by atoms with Gasteiger partial charge in [0.05, 0.1) is 5.69 Å². The average molecular weight is 394 g/mol. The number of carbonyl (C=O) groups is 1. The Hall–Kier alpha value is -3.28. The smallest absolute Gasteiger partial charge is 0.261 e. The van der Waals surface area contributed by atoms with Crippen LogP contribution < -0.4 is 10.1 Å². The van der Waals surface area contributed by atoms with Crippen molar-refractivity contribution in [3.05, 3.63) is 64.0 Å². The molecule has 0 radical (unpaired) electrons. The van der Waals surface area contributed by atoms with E-state index in [4.69, 9.17) is 9.26 Å². The maximum atomic E-state index is 12.6. The second-order valence-electron chi connectivity index (χ2n) is 7.57. The van der Waals surface area contributed by atoms with Crippen LogP contribution in [0.15, 0.2) is 34.9 Å². The number of rotatable bonds is 5. The highest BCUT2D eigenvalue weighted by atomic mass is 16.5. The molecule has 2 aromatic carbocycles. The second-order valence-corrected chi connectivity index (χ2v) is 7.57. The molecule has 1 heterocycles. The van der Waals surface area contributed by atoms with Gasteiger partial charge in [0.25, 0.3) is 5.91 Å². The predicted octanol–water partition coefficient (Wildman–Crippen LogP) is 5.78. The number of aryl methyl sites for hydroxylation is 4. The van der Waals surface area contributed by atoms with E-state index in [0.717, 1.165) is 22.4 Å². The van der Waals surface area contributed by atoms with Gasteiger partial charge < -0.3 is 19.7 Å². The van der Waals surface area contributed by atoms with E-state index in [1.165, 1.54) is 0 Å². The number of phenolic OH excluding ortho intramolecular Hbond substituents is 1. The van der Waals surface area contributed by atoms with Crippen molar-refractivity contribution in [2.24, 2.45) is 0 Å². The van der Waals surface area contributed by atoms with Gasteiger partial charge in [0.15, 0.2) is 0 Å². The third-order valence-corrected chi connectivity index (χ3v) is 4.82. The van der Waals surface area contributed by atoms with Crippen LogP contribution in [0.3, 0.4) is 0 Å². The highest BCUT2D eigenvalue weighted by Gasteiger charge is 2.18. The Morgan fingerprint density at radius 3 is 2.31 bits per heavy atom. The number of phenols is 1. The van der Waals surface area contributed by atoms with Crippen LogP contribution in [0.2, 0.25) is 0 Å². The third-order valence-electron chi connectivity index (χ3n) is 4.82. The number of anilines is 1. The Labute approximate surface area is 170 Å². The van der Waals surface area contributed by atoms with Crippen molar-refractivity contribution < 1.29 is 19.2 Å². The van der Waals surface area contributed by atoms with Crippen molar-refractivity contribution >= 4 is 11.6 Å². The summed E-state index contributed by atoms with van der Waals surface area (Å²) in [6.45, 7) is 11.3. The molecule has 0 bridgehead atoms. The summed E-state index contributed by atoms with van der Waals surface area (Å²) in [5.74, 6) is 2.06. The SMILES string of the molecule is Cc1cc(NC(=O)c2c(C)noc2C)cc(C)c1Oc1ccc(O)c(C(C)C)c1. The van der Waals surface area contributed by atoms with E-state index in [1.54, 1.807) is 26.0 Å². The maximum absolute atomic E-state index is 12.6. The lowest BCUT2D eigenvalue weighted by Crippen LogP contribution is -2.14. The number of hydrogen-bond donors (Lipinski definition) is 2.